The van der Waals surface area contributed by atoms with Crippen LogP contribution in [0.1, 0.15) is 19.4 Å². The number of halogens is 2. The lowest BCUT2D eigenvalue weighted by Gasteiger charge is -2.16. The average Bonchev–Trinajstić information content (AvgIpc) is 2.25. The Labute approximate surface area is 112 Å². The van der Waals surface area contributed by atoms with Gasteiger partial charge in [0.05, 0.1) is 0 Å². The summed E-state index contributed by atoms with van der Waals surface area (Å²) in [6, 6.07) is 3.96. The van der Waals surface area contributed by atoms with Crippen LogP contribution < -0.4 is 5.32 Å². The van der Waals surface area contributed by atoms with Gasteiger partial charge in [0, 0.05) is 17.9 Å². The minimum Gasteiger partial charge on any atom is -0.316 e. The first-order valence-corrected chi connectivity index (χ1v) is 7.36. The molecule has 1 aromatic rings. The van der Waals surface area contributed by atoms with Gasteiger partial charge in [-0.15, -0.1) is 0 Å². The van der Waals surface area contributed by atoms with Crippen LogP contribution in [0.4, 0.5) is 8.78 Å². The van der Waals surface area contributed by atoms with E-state index in [0.717, 1.165) is 17.6 Å². The molecule has 0 aliphatic rings. The molecule has 1 aromatic carbocycles. The molecule has 1 atom stereocenters. The summed E-state index contributed by atoms with van der Waals surface area (Å²) in [4.78, 5) is 0. The molecule has 0 aromatic heterocycles. The second kappa shape index (κ2) is 7.74. The highest BCUT2D eigenvalue weighted by molar-refractivity contribution is 7.99. The smallest absolute Gasteiger partial charge is 0.126 e. The monoisotopic (exact) mass is 273 g/mol. The van der Waals surface area contributed by atoms with Crippen molar-refractivity contribution in [3.63, 3.8) is 0 Å². The van der Waals surface area contributed by atoms with E-state index < -0.39 is 11.6 Å². The van der Waals surface area contributed by atoms with Gasteiger partial charge in [0.15, 0.2) is 0 Å². The van der Waals surface area contributed by atoms with E-state index in [4.69, 9.17) is 0 Å². The maximum atomic E-state index is 13.1. The third kappa shape index (κ3) is 5.83. The largest absolute Gasteiger partial charge is 0.316 e. The maximum absolute atomic E-state index is 13.1. The van der Waals surface area contributed by atoms with Crippen molar-refractivity contribution in [1.82, 2.24) is 5.32 Å². The lowest BCUT2D eigenvalue weighted by atomic mass is 10.1. The van der Waals surface area contributed by atoms with E-state index in [2.05, 4.69) is 19.2 Å². The fourth-order valence-corrected chi connectivity index (χ4v) is 2.88. The number of likely N-dealkylation sites (N-methyl/N-ethyl adjacent to an activating group) is 1. The Bertz CT molecular complexity index is 349. The van der Waals surface area contributed by atoms with E-state index in [-0.39, 0.29) is 6.04 Å². The molecule has 0 aliphatic heterocycles. The zero-order valence-corrected chi connectivity index (χ0v) is 12.0. The molecular weight excluding hydrogens is 252 g/mol. The molecule has 102 valence electrons. The molecule has 0 heterocycles. The van der Waals surface area contributed by atoms with Crippen LogP contribution in [-0.2, 0) is 6.42 Å². The first-order valence-electron chi connectivity index (χ1n) is 6.21. The van der Waals surface area contributed by atoms with Crippen molar-refractivity contribution in [3.05, 3.63) is 35.4 Å². The average molecular weight is 273 g/mol. The topological polar surface area (TPSA) is 12.0 Å². The Hall–Kier alpha value is -0.610. The normalized spacial score (nSPS) is 13.0. The highest BCUT2D eigenvalue weighted by atomic mass is 32.2. The summed E-state index contributed by atoms with van der Waals surface area (Å²) in [7, 11) is 1.89. The van der Waals surface area contributed by atoms with Crippen molar-refractivity contribution in [2.24, 2.45) is 5.92 Å². The molecule has 4 heteroatoms. The van der Waals surface area contributed by atoms with Crippen LogP contribution in [0.3, 0.4) is 0 Å². The van der Waals surface area contributed by atoms with Crippen LogP contribution in [0.15, 0.2) is 18.2 Å². The first-order chi connectivity index (χ1) is 8.51. The molecule has 0 saturated carbocycles. The van der Waals surface area contributed by atoms with E-state index in [1.54, 1.807) is 0 Å². The van der Waals surface area contributed by atoms with Crippen molar-refractivity contribution < 1.29 is 8.78 Å². The molecule has 0 saturated heterocycles. The summed E-state index contributed by atoms with van der Waals surface area (Å²) in [5, 5.41) is 3.20. The van der Waals surface area contributed by atoms with Crippen LogP contribution in [0.2, 0.25) is 0 Å². The number of hydrogen-bond donors (Lipinski definition) is 1. The summed E-state index contributed by atoms with van der Waals surface area (Å²) in [5.74, 6) is 1.71. The van der Waals surface area contributed by atoms with E-state index in [1.165, 1.54) is 12.1 Å². The number of hydrogen-bond acceptors (Lipinski definition) is 2. The zero-order valence-electron chi connectivity index (χ0n) is 11.2. The lowest BCUT2D eigenvalue weighted by molar-refractivity contribution is 0.569. The van der Waals surface area contributed by atoms with Gasteiger partial charge in [0.2, 0.25) is 0 Å². The predicted octanol–water partition coefficient (Wildman–Crippen LogP) is 3.48. The Morgan fingerprint density at radius 3 is 2.22 bits per heavy atom. The van der Waals surface area contributed by atoms with Crippen LogP contribution in [-0.4, -0.2) is 24.6 Å². The van der Waals surface area contributed by atoms with E-state index in [1.807, 2.05) is 18.8 Å². The van der Waals surface area contributed by atoms with Gasteiger partial charge in [0.25, 0.3) is 0 Å². The van der Waals surface area contributed by atoms with E-state index >= 15 is 0 Å². The Balaban J connectivity index is 2.51. The van der Waals surface area contributed by atoms with Crippen LogP contribution in [0.25, 0.3) is 0 Å². The van der Waals surface area contributed by atoms with E-state index in [9.17, 15) is 8.78 Å². The van der Waals surface area contributed by atoms with Crippen molar-refractivity contribution in [2.45, 2.75) is 26.3 Å². The summed E-state index contributed by atoms with van der Waals surface area (Å²) in [6.45, 7) is 4.37. The molecule has 18 heavy (non-hydrogen) atoms. The maximum Gasteiger partial charge on any atom is 0.126 e. The van der Waals surface area contributed by atoms with Gasteiger partial charge in [-0.25, -0.2) is 8.78 Å². The fourth-order valence-electron chi connectivity index (χ4n) is 1.70. The molecule has 0 radical (unpaired) electrons. The summed E-state index contributed by atoms with van der Waals surface area (Å²) < 4.78 is 26.1. The standard InChI is InChI=1S/C14H21F2NS/c1-10(2)8-18-9-14(17-3)6-11-4-12(15)7-13(16)5-11/h4-5,7,10,14,17H,6,8-9H2,1-3H3. The number of thioether (sulfide) groups is 1. The van der Waals surface area contributed by atoms with Crippen molar-refractivity contribution in [1.29, 1.82) is 0 Å². The first kappa shape index (κ1) is 15.4. The number of benzene rings is 1. The molecule has 1 rings (SSSR count). The molecule has 1 nitrogen and oxygen atoms in total. The van der Waals surface area contributed by atoms with Crippen molar-refractivity contribution in [3.8, 4) is 0 Å². The minimum atomic E-state index is -0.505. The van der Waals surface area contributed by atoms with Crippen LogP contribution in [0.5, 0.6) is 0 Å². The van der Waals surface area contributed by atoms with Gasteiger partial charge < -0.3 is 5.32 Å². The second-order valence-electron chi connectivity index (χ2n) is 4.90. The summed E-state index contributed by atoms with van der Waals surface area (Å²) in [5.41, 5.74) is 0.706. The van der Waals surface area contributed by atoms with Gasteiger partial charge in [-0.05, 0) is 42.8 Å². The Kier molecular flexibility index (Phi) is 6.65. The van der Waals surface area contributed by atoms with Gasteiger partial charge in [-0.1, -0.05) is 13.8 Å². The quantitative estimate of drug-likeness (QED) is 0.816. The van der Waals surface area contributed by atoms with Crippen molar-refractivity contribution in [2.75, 3.05) is 18.6 Å². The molecular formula is C14H21F2NS. The van der Waals surface area contributed by atoms with E-state index in [0.29, 0.717) is 17.9 Å². The number of nitrogens with one attached hydrogen (secondary N) is 1. The molecule has 1 N–H and O–H groups in total. The predicted molar refractivity (Wildman–Crippen MR) is 75.1 cm³/mol. The number of rotatable bonds is 7. The lowest BCUT2D eigenvalue weighted by Crippen LogP contribution is -2.30. The van der Waals surface area contributed by atoms with Crippen LogP contribution in [0, 0.1) is 17.6 Å². The molecule has 0 bridgehead atoms. The Morgan fingerprint density at radius 1 is 1.11 bits per heavy atom. The summed E-state index contributed by atoms with van der Waals surface area (Å²) >= 11 is 1.87. The molecule has 0 fully saturated rings. The van der Waals surface area contributed by atoms with Crippen LogP contribution >= 0.6 is 11.8 Å². The van der Waals surface area contributed by atoms with Gasteiger partial charge in [0.1, 0.15) is 11.6 Å². The third-order valence-corrected chi connectivity index (χ3v) is 4.12. The van der Waals surface area contributed by atoms with Gasteiger partial charge >= 0.3 is 0 Å². The minimum absolute atomic E-state index is 0.245. The highest BCUT2D eigenvalue weighted by Crippen LogP contribution is 2.14. The fraction of sp³-hybridized carbons (Fsp3) is 0.571. The second-order valence-corrected chi connectivity index (χ2v) is 5.97. The van der Waals surface area contributed by atoms with Gasteiger partial charge in [-0.2, -0.15) is 11.8 Å². The third-order valence-electron chi connectivity index (χ3n) is 2.58. The molecule has 1 unspecified atom stereocenters. The Morgan fingerprint density at radius 2 is 1.72 bits per heavy atom. The zero-order chi connectivity index (χ0) is 13.5. The molecule has 0 spiro atoms. The SMILES string of the molecule is CNC(CSCC(C)C)Cc1cc(F)cc(F)c1. The van der Waals surface area contributed by atoms with Gasteiger partial charge in [-0.3, -0.25) is 0 Å². The molecule has 0 aliphatic carbocycles. The summed E-state index contributed by atoms with van der Waals surface area (Å²) in [6.07, 6.45) is 0.649. The highest BCUT2D eigenvalue weighted by Gasteiger charge is 2.10. The van der Waals surface area contributed by atoms with Crippen molar-refractivity contribution >= 4 is 11.8 Å². The molecule has 0 amide bonds.